The van der Waals surface area contributed by atoms with E-state index in [2.05, 4.69) is 5.32 Å². The zero-order chi connectivity index (χ0) is 15.4. The van der Waals surface area contributed by atoms with Gasteiger partial charge in [0, 0.05) is 5.69 Å². The molecule has 5 heteroatoms. The van der Waals surface area contributed by atoms with Gasteiger partial charge in [-0.1, -0.05) is 18.2 Å². The summed E-state index contributed by atoms with van der Waals surface area (Å²) in [5, 5.41) is 2.85. The Bertz CT molecular complexity index is 619. The number of nitrogens with two attached hydrogens (primary N) is 1. The summed E-state index contributed by atoms with van der Waals surface area (Å²) in [6.07, 6.45) is 0. The van der Waals surface area contributed by atoms with E-state index in [1.54, 1.807) is 6.92 Å². The Kier molecular flexibility index (Phi) is 6.40. The minimum Gasteiger partial charge on any atom is -0.457 e. The van der Waals surface area contributed by atoms with Crippen molar-refractivity contribution in [3.05, 3.63) is 53.6 Å². The first-order valence-corrected chi connectivity index (χ1v) is 6.88. The van der Waals surface area contributed by atoms with Gasteiger partial charge in [-0.2, -0.15) is 0 Å². The maximum Gasteiger partial charge on any atom is 0.241 e. The van der Waals surface area contributed by atoms with Crippen LogP contribution in [0.4, 0.5) is 5.69 Å². The molecular formula is C17H21ClN2O2. The van der Waals surface area contributed by atoms with Crippen molar-refractivity contribution in [2.45, 2.75) is 26.8 Å². The zero-order valence-electron chi connectivity index (χ0n) is 12.9. The maximum atomic E-state index is 11.7. The quantitative estimate of drug-likeness (QED) is 0.900. The third kappa shape index (κ3) is 4.48. The summed E-state index contributed by atoms with van der Waals surface area (Å²) < 4.78 is 5.81. The molecule has 0 fully saturated rings. The number of carbonyl (C=O) groups excluding carboxylic acids is 1. The molecular weight excluding hydrogens is 300 g/mol. The standard InChI is InChI=1S/C17H20N2O2.ClH/c1-11-9-15(21-14-7-5-4-6-8-14)10-12(2)16(11)19-17(20)13(3)18;/h4-10,13H,18H2,1-3H3,(H,19,20);1H. The number of halogens is 1. The Balaban J connectivity index is 0.00000242. The molecule has 0 aliphatic heterocycles. The van der Waals surface area contributed by atoms with Crippen molar-refractivity contribution in [1.82, 2.24) is 0 Å². The molecule has 0 aromatic heterocycles. The highest BCUT2D eigenvalue weighted by Gasteiger charge is 2.12. The molecule has 0 saturated heterocycles. The summed E-state index contributed by atoms with van der Waals surface area (Å²) in [6, 6.07) is 12.8. The van der Waals surface area contributed by atoms with Crippen molar-refractivity contribution in [1.29, 1.82) is 0 Å². The molecule has 2 aromatic carbocycles. The summed E-state index contributed by atoms with van der Waals surface area (Å²) in [6.45, 7) is 5.52. The van der Waals surface area contributed by atoms with Crippen molar-refractivity contribution >= 4 is 24.0 Å². The van der Waals surface area contributed by atoms with Gasteiger partial charge in [0.05, 0.1) is 6.04 Å². The highest BCUT2D eigenvalue weighted by molar-refractivity contribution is 5.95. The topological polar surface area (TPSA) is 64.3 Å². The van der Waals surface area contributed by atoms with Crippen molar-refractivity contribution in [2.75, 3.05) is 5.32 Å². The summed E-state index contributed by atoms with van der Waals surface area (Å²) in [4.78, 5) is 11.7. The van der Waals surface area contributed by atoms with Crippen LogP contribution in [0.25, 0.3) is 0 Å². The first-order valence-electron chi connectivity index (χ1n) is 6.88. The van der Waals surface area contributed by atoms with Gasteiger partial charge >= 0.3 is 0 Å². The Morgan fingerprint density at radius 2 is 1.64 bits per heavy atom. The van der Waals surface area contributed by atoms with Gasteiger partial charge in [0.15, 0.2) is 0 Å². The first-order chi connectivity index (χ1) is 9.97. The number of benzene rings is 2. The molecule has 0 aliphatic rings. The molecule has 1 amide bonds. The second-order valence-corrected chi connectivity index (χ2v) is 5.13. The predicted octanol–water partition coefficient (Wildman–Crippen LogP) is 3.80. The van der Waals surface area contributed by atoms with Gasteiger partial charge < -0.3 is 15.8 Å². The fourth-order valence-corrected chi connectivity index (χ4v) is 2.04. The van der Waals surface area contributed by atoms with E-state index in [1.807, 2.05) is 56.3 Å². The van der Waals surface area contributed by atoms with Crippen LogP contribution >= 0.6 is 12.4 Å². The minimum absolute atomic E-state index is 0. The fraction of sp³-hybridized carbons (Fsp3) is 0.235. The van der Waals surface area contributed by atoms with Gasteiger partial charge in [-0.3, -0.25) is 4.79 Å². The van der Waals surface area contributed by atoms with E-state index in [0.717, 1.165) is 28.3 Å². The van der Waals surface area contributed by atoms with E-state index in [1.165, 1.54) is 0 Å². The van der Waals surface area contributed by atoms with Gasteiger partial charge in [0.25, 0.3) is 0 Å². The number of para-hydroxylation sites is 1. The lowest BCUT2D eigenvalue weighted by molar-refractivity contribution is -0.117. The van der Waals surface area contributed by atoms with Gasteiger partial charge in [0.2, 0.25) is 5.91 Å². The van der Waals surface area contributed by atoms with Crippen molar-refractivity contribution in [3.8, 4) is 11.5 Å². The third-order valence-corrected chi connectivity index (χ3v) is 3.15. The first kappa shape index (κ1) is 18.0. The third-order valence-electron chi connectivity index (χ3n) is 3.15. The van der Waals surface area contributed by atoms with Gasteiger partial charge in [-0.05, 0) is 56.2 Å². The summed E-state index contributed by atoms with van der Waals surface area (Å²) in [5.74, 6) is 1.33. The highest BCUT2D eigenvalue weighted by atomic mass is 35.5. The molecule has 1 unspecified atom stereocenters. The van der Waals surface area contributed by atoms with E-state index in [4.69, 9.17) is 10.5 Å². The van der Waals surface area contributed by atoms with Crippen LogP contribution in [0.3, 0.4) is 0 Å². The van der Waals surface area contributed by atoms with E-state index < -0.39 is 6.04 Å². The molecule has 1 atom stereocenters. The molecule has 0 bridgehead atoms. The molecule has 3 N–H and O–H groups in total. The normalized spacial score (nSPS) is 11.3. The predicted molar refractivity (Wildman–Crippen MR) is 92.0 cm³/mol. The van der Waals surface area contributed by atoms with Crippen LogP contribution in [-0.4, -0.2) is 11.9 Å². The van der Waals surface area contributed by atoms with Crippen LogP contribution in [-0.2, 0) is 4.79 Å². The number of amides is 1. The van der Waals surface area contributed by atoms with Crippen LogP contribution in [0, 0.1) is 13.8 Å². The number of aryl methyl sites for hydroxylation is 2. The summed E-state index contributed by atoms with van der Waals surface area (Å²) in [7, 11) is 0. The monoisotopic (exact) mass is 320 g/mol. The van der Waals surface area contributed by atoms with Crippen LogP contribution in [0.5, 0.6) is 11.5 Å². The molecule has 4 nitrogen and oxygen atoms in total. The van der Waals surface area contributed by atoms with Crippen molar-refractivity contribution in [2.24, 2.45) is 5.73 Å². The average Bonchev–Trinajstić information content (AvgIpc) is 2.43. The highest BCUT2D eigenvalue weighted by Crippen LogP contribution is 2.29. The molecule has 0 heterocycles. The largest absolute Gasteiger partial charge is 0.457 e. The van der Waals surface area contributed by atoms with Crippen LogP contribution in [0.1, 0.15) is 18.1 Å². The zero-order valence-corrected chi connectivity index (χ0v) is 13.7. The van der Waals surface area contributed by atoms with Crippen molar-refractivity contribution in [3.63, 3.8) is 0 Å². The van der Waals surface area contributed by atoms with E-state index >= 15 is 0 Å². The summed E-state index contributed by atoms with van der Waals surface area (Å²) in [5.41, 5.74) is 8.25. The SMILES string of the molecule is Cc1cc(Oc2ccccc2)cc(C)c1NC(=O)C(C)N.Cl. The molecule has 2 rings (SSSR count). The number of rotatable bonds is 4. The number of hydrogen-bond acceptors (Lipinski definition) is 3. The lowest BCUT2D eigenvalue weighted by Crippen LogP contribution is -2.32. The van der Waals surface area contributed by atoms with Crippen LogP contribution in [0.15, 0.2) is 42.5 Å². The van der Waals surface area contributed by atoms with Gasteiger partial charge in [-0.25, -0.2) is 0 Å². The molecule has 118 valence electrons. The molecule has 22 heavy (non-hydrogen) atoms. The Morgan fingerprint density at radius 1 is 1.09 bits per heavy atom. The van der Waals surface area contributed by atoms with Crippen LogP contribution < -0.4 is 15.8 Å². The smallest absolute Gasteiger partial charge is 0.241 e. The average molecular weight is 321 g/mol. The maximum absolute atomic E-state index is 11.7. The number of anilines is 1. The van der Waals surface area contributed by atoms with Gasteiger partial charge in [-0.15, -0.1) is 12.4 Å². The number of carbonyl (C=O) groups is 1. The Labute approximate surface area is 137 Å². The molecule has 0 saturated carbocycles. The lowest BCUT2D eigenvalue weighted by Gasteiger charge is -2.15. The molecule has 0 spiro atoms. The Morgan fingerprint density at radius 3 is 2.14 bits per heavy atom. The minimum atomic E-state index is -0.538. The molecule has 2 aromatic rings. The van der Waals surface area contributed by atoms with Gasteiger partial charge in [0.1, 0.15) is 11.5 Å². The van der Waals surface area contributed by atoms with E-state index in [9.17, 15) is 4.79 Å². The lowest BCUT2D eigenvalue weighted by atomic mass is 10.1. The number of nitrogens with one attached hydrogen (secondary N) is 1. The van der Waals surface area contributed by atoms with E-state index in [-0.39, 0.29) is 18.3 Å². The Hall–Kier alpha value is -2.04. The van der Waals surface area contributed by atoms with Crippen LogP contribution in [0.2, 0.25) is 0 Å². The molecule has 0 aliphatic carbocycles. The van der Waals surface area contributed by atoms with Crippen molar-refractivity contribution < 1.29 is 9.53 Å². The summed E-state index contributed by atoms with van der Waals surface area (Å²) >= 11 is 0. The fourth-order valence-electron chi connectivity index (χ4n) is 2.04. The van der Waals surface area contributed by atoms with E-state index in [0.29, 0.717) is 0 Å². The number of ether oxygens (including phenoxy) is 1. The second-order valence-electron chi connectivity index (χ2n) is 5.13. The number of hydrogen-bond donors (Lipinski definition) is 2. The second kappa shape index (κ2) is 7.82. The molecule has 0 radical (unpaired) electrons.